The number of benzene rings is 1. The molecule has 5 heteroatoms. The monoisotopic (exact) mass is 425 g/mol. The minimum absolute atomic E-state index is 0.418. The van der Waals surface area contributed by atoms with Gasteiger partial charge < -0.3 is 0 Å². The van der Waals surface area contributed by atoms with Crippen molar-refractivity contribution in [2.75, 3.05) is 0 Å². The van der Waals surface area contributed by atoms with Gasteiger partial charge in [-0.15, -0.1) is 11.6 Å². The Morgan fingerprint density at radius 1 is 1.32 bits per heavy atom. The number of rotatable bonds is 3. The molecule has 0 aliphatic rings. The molecule has 1 aromatic carbocycles. The number of nitrogens with zero attached hydrogens (tertiary/aromatic N) is 2. The van der Waals surface area contributed by atoms with Gasteiger partial charge in [0, 0.05) is 25.8 Å². The van der Waals surface area contributed by atoms with Crippen molar-refractivity contribution >= 4 is 45.1 Å². The summed E-state index contributed by atoms with van der Waals surface area (Å²) < 4.78 is 1.16. The first kappa shape index (κ1) is 15.7. The summed E-state index contributed by atoms with van der Waals surface area (Å²) in [5.41, 5.74) is 6.59. The molecule has 0 unspecified atom stereocenters. The number of hydrogen-bond donors (Lipinski definition) is 1. The zero-order chi connectivity index (χ0) is 15.9. The number of halogens is 2. The Kier molecular flexibility index (Phi) is 4.41. The molecular formula is C17H17ClIN3. The van der Waals surface area contributed by atoms with E-state index < -0.39 is 0 Å². The summed E-state index contributed by atoms with van der Waals surface area (Å²) in [6.07, 6.45) is 1.88. The van der Waals surface area contributed by atoms with Crippen molar-refractivity contribution in [2.24, 2.45) is 0 Å². The van der Waals surface area contributed by atoms with Crippen LogP contribution < -0.4 is 0 Å². The van der Waals surface area contributed by atoms with Crippen molar-refractivity contribution in [3.63, 3.8) is 0 Å². The van der Waals surface area contributed by atoms with Gasteiger partial charge in [-0.3, -0.25) is 10.1 Å². The lowest BCUT2D eigenvalue weighted by atomic mass is 9.92. The number of hydrogen-bond acceptors (Lipinski definition) is 2. The number of H-pyrrole nitrogens is 1. The van der Waals surface area contributed by atoms with Crippen LogP contribution in [0.2, 0.25) is 0 Å². The van der Waals surface area contributed by atoms with Gasteiger partial charge in [0.2, 0.25) is 0 Å². The third-order valence-electron chi connectivity index (χ3n) is 3.94. The Labute approximate surface area is 148 Å². The van der Waals surface area contributed by atoms with Crippen molar-refractivity contribution in [2.45, 2.75) is 32.6 Å². The number of alkyl halides is 1. The summed E-state index contributed by atoms with van der Waals surface area (Å²) in [7, 11) is 0. The summed E-state index contributed by atoms with van der Waals surface area (Å²) in [5, 5.41) is 8.36. The van der Waals surface area contributed by atoms with Gasteiger partial charge in [0.15, 0.2) is 0 Å². The van der Waals surface area contributed by atoms with Crippen LogP contribution in [0, 0.1) is 10.5 Å². The average molecular weight is 426 g/mol. The lowest BCUT2D eigenvalue weighted by molar-refractivity contribution is 0.869. The van der Waals surface area contributed by atoms with Gasteiger partial charge in [-0.25, -0.2) is 0 Å². The van der Waals surface area contributed by atoms with Crippen LogP contribution >= 0.6 is 34.2 Å². The van der Waals surface area contributed by atoms with Crippen LogP contribution in [-0.4, -0.2) is 15.2 Å². The molecule has 1 N–H and O–H groups in total. The van der Waals surface area contributed by atoms with E-state index in [1.54, 1.807) is 0 Å². The number of pyridine rings is 1. The predicted octanol–water partition coefficient (Wildman–Crippen LogP) is 5.40. The van der Waals surface area contributed by atoms with E-state index in [1.807, 2.05) is 13.1 Å². The molecule has 0 saturated carbocycles. The molecule has 3 aromatic rings. The van der Waals surface area contributed by atoms with Crippen LogP contribution in [0.1, 0.15) is 36.6 Å². The van der Waals surface area contributed by atoms with Crippen molar-refractivity contribution < 1.29 is 0 Å². The van der Waals surface area contributed by atoms with Gasteiger partial charge in [0.25, 0.3) is 0 Å². The Bertz CT molecular complexity index is 816. The zero-order valence-corrected chi connectivity index (χ0v) is 15.7. The highest BCUT2D eigenvalue weighted by atomic mass is 127. The molecule has 114 valence electrons. The fraction of sp³-hybridized carbons (Fsp3) is 0.294. The van der Waals surface area contributed by atoms with Gasteiger partial charge >= 0.3 is 0 Å². The summed E-state index contributed by atoms with van der Waals surface area (Å²) in [6.45, 7) is 6.43. The van der Waals surface area contributed by atoms with Crippen LogP contribution in [0.25, 0.3) is 22.2 Å². The van der Waals surface area contributed by atoms with Gasteiger partial charge in [0.05, 0.1) is 23.3 Å². The predicted molar refractivity (Wildman–Crippen MR) is 100 cm³/mol. The number of aromatic nitrogens is 3. The van der Waals surface area contributed by atoms with Gasteiger partial charge in [-0.2, -0.15) is 5.10 Å². The minimum atomic E-state index is 0.418. The molecular weight excluding hydrogens is 409 g/mol. The Morgan fingerprint density at radius 2 is 2.09 bits per heavy atom. The first-order valence-electron chi connectivity index (χ1n) is 7.21. The van der Waals surface area contributed by atoms with Crippen molar-refractivity contribution in [1.29, 1.82) is 0 Å². The SMILES string of the molecule is Cc1nc(-c2c(C(C)C)ccc3[nH]ncc23)cc(I)c1CCl. The molecule has 3 nitrogen and oxygen atoms in total. The van der Waals surface area contributed by atoms with Gasteiger partial charge in [-0.05, 0) is 53.1 Å². The lowest BCUT2D eigenvalue weighted by Gasteiger charge is -2.15. The number of fused-ring (bicyclic) bond motifs is 1. The molecule has 0 fully saturated rings. The van der Waals surface area contributed by atoms with Crippen LogP contribution in [0.15, 0.2) is 24.4 Å². The van der Waals surface area contributed by atoms with E-state index >= 15 is 0 Å². The topological polar surface area (TPSA) is 41.6 Å². The standard InChI is InChI=1S/C17H17ClIN3/c1-9(2)11-4-5-15-13(8-20-22-15)17(11)16-6-14(19)12(7-18)10(3)21-16/h4-6,8-9H,7H2,1-3H3,(H,20,22). The van der Waals surface area contributed by atoms with Crippen LogP contribution in [0.5, 0.6) is 0 Å². The molecule has 0 atom stereocenters. The maximum Gasteiger partial charge on any atom is 0.0726 e. The highest BCUT2D eigenvalue weighted by Crippen LogP contribution is 2.35. The highest BCUT2D eigenvalue weighted by Gasteiger charge is 2.17. The number of aromatic amines is 1. The summed E-state index contributed by atoms with van der Waals surface area (Å²) >= 11 is 8.38. The molecule has 0 saturated heterocycles. The number of aryl methyl sites for hydroxylation is 1. The molecule has 0 aliphatic carbocycles. The maximum absolute atomic E-state index is 6.04. The van der Waals surface area contributed by atoms with Crippen molar-refractivity contribution in [3.05, 3.63) is 44.8 Å². The molecule has 0 aliphatic heterocycles. The van der Waals surface area contributed by atoms with E-state index in [1.165, 1.54) is 11.1 Å². The molecule has 2 heterocycles. The average Bonchev–Trinajstić information content (AvgIpc) is 2.93. The fourth-order valence-corrected chi connectivity index (χ4v) is 4.19. The third-order valence-corrected chi connectivity index (χ3v) is 5.17. The first-order chi connectivity index (χ1) is 10.5. The molecule has 0 amide bonds. The number of nitrogens with one attached hydrogen (secondary N) is 1. The highest BCUT2D eigenvalue weighted by molar-refractivity contribution is 14.1. The Balaban J connectivity index is 2.33. The van der Waals surface area contributed by atoms with Gasteiger partial charge in [-0.1, -0.05) is 19.9 Å². The van der Waals surface area contributed by atoms with E-state index in [0.717, 1.165) is 31.4 Å². The largest absolute Gasteiger partial charge is 0.278 e. The van der Waals surface area contributed by atoms with E-state index in [-0.39, 0.29) is 0 Å². The first-order valence-corrected chi connectivity index (χ1v) is 8.82. The second-order valence-corrected chi connectivity index (χ2v) is 7.13. The Morgan fingerprint density at radius 3 is 2.73 bits per heavy atom. The maximum atomic E-state index is 6.04. The van der Waals surface area contributed by atoms with Gasteiger partial charge in [0.1, 0.15) is 0 Å². The molecule has 2 aromatic heterocycles. The smallest absolute Gasteiger partial charge is 0.0726 e. The molecule has 22 heavy (non-hydrogen) atoms. The van der Waals surface area contributed by atoms with Crippen molar-refractivity contribution in [3.8, 4) is 11.3 Å². The Hall–Kier alpha value is -1.14. The van der Waals surface area contributed by atoms with Crippen molar-refractivity contribution in [1.82, 2.24) is 15.2 Å². The van der Waals surface area contributed by atoms with Crippen LogP contribution in [0.3, 0.4) is 0 Å². The molecule has 3 rings (SSSR count). The summed E-state index contributed by atoms with van der Waals surface area (Å²) in [5.74, 6) is 0.909. The normalized spacial score (nSPS) is 11.5. The zero-order valence-electron chi connectivity index (χ0n) is 12.7. The summed E-state index contributed by atoms with van der Waals surface area (Å²) in [4.78, 5) is 4.82. The van der Waals surface area contributed by atoms with E-state index in [9.17, 15) is 0 Å². The minimum Gasteiger partial charge on any atom is -0.278 e. The molecule has 0 spiro atoms. The summed E-state index contributed by atoms with van der Waals surface area (Å²) in [6, 6.07) is 6.38. The molecule has 0 bridgehead atoms. The second-order valence-electron chi connectivity index (χ2n) is 5.70. The quantitative estimate of drug-likeness (QED) is 0.451. The fourth-order valence-electron chi connectivity index (χ4n) is 2.75. The molecule has 0 radical (unpaired) electrons. The van der Waals surface area contributed by atoms with E-state index in [0.29, 0.717) is 11.8 Å². The van der Waals surface area contributed by atoms with E-state index in [2.05, 4.69) is 64.8 Å². The lowest BCUT2D eigenvalue weighted by Crippen LogP contribution is -2.00. The van der Waals surface area contributed by atoms with E-state index in [4.69, 9.17) is 16.6 Å². The third kappa shape index (κ3) is 2.63. The van der Waals surface area contributed by atoms with Crippen LogP contribution in [0.4, 0.5) is 0 Å². The van der Waals surface area contributed by atoms with Crippen LogP contribution in [-0.2, 0) is 5.88 Å². The second kappa shape index (κ2) is 6.16.